The van der Waals surface area contributed by atoms with Crippen LogP contribution >= 0.6 is 46.4 Å². The summed E-state index contributed by atoms with van der Waals surface area (Å²) in [5, 5.41) is 3.52. The number of nitrogens with one attached hydrogen (secondary N) is 1. The van der Waals surface area contributed by atoms with Crippen LogP contribution in [0.5, 0.6) is 0 Å². The first kappa shape index (κ1) is 27.5. The number of hydrogen-bond acceptors (Lipinski definition) is 4. The zero-order chi connectivity index (χ0) is 24.9. The van der Waals surface area contributed by atoms with E-state index in [4.69, 9.17) is 46.4 Å². The normalized spacial score (nSPS) is 12.2. The lowest BCUT2D eigenvalue weighted by Gasteiger charge is -2.33. The molecule has 0 aliphatic heterocycles. The molecule has 0 heterocycles. The third kappa shape index (κ3) is 6.90. The second kappa shape index (κ2) is 11.6. The lowest BCUT2D eigenvalue weighted by atomic mass is 10.1. The number of carbonyl (C=O) groups is 2. The number of likely N-dealkylation sites (N-methyl/N-ethyl adjacent to an activating group) is 1. The molecule has 0 fully saturated rings. The van der Waals surface area contributed by atoms with Gasteiger partial charge in [-0.05, 0) is 36.8 Å². The molecule has 0 aliphatic rings. The average molecular weight is 555 g/mol. The van der Waals surface area contributed by atoms with Crippen molar-refractivity contribution in [2.24, 2.45) is 0 Å². The largest absolute Gasteiger partial charge is 0.357 e. The third-order valence-electron chi connectivity index (χ3n) is 4.88. The molecule has 1 atom stereocenters. The van der Waals surface area contributed by atoms with Crippen LogP contribution in [0.4, 0.5) is 5.69 Å². The van der Waals surface area contributed by atoms with Gasteiger partial charge in [-0.15, -0.1) is 0 Å². The molecule has 0 spiro atoms. The molecule has 0 saturated carbocycles. The number of hydrogen-bond donors (Lipinski definition) is 1. The minimum atomic E-state index is -3.92. The van der Waals surface area contributed by atoms with E-state index in [-0.39, 0.29) is 23.7 Å². The highest BCUT2D eigenvalue weighted by molar-refractivity contribution is 7.92. The molecule has 0 saturated heterocycles. The Hall–Kier alpha value is -1.71. The Balaban J connectivity index is 2.52. The first-order chi connectivity index (χ1) is 15.4. The number of halogens is 4. The van der Waals surface area contributed by atoms with E-state index in [0.717, 1.165) is 10.6 Å². The molecule has 2 amide bonds. The van der Waals surface area contributed by atoms with Gasteiger partial charge in [-0.2, -0.15) is 0 Å². The van der Waals surface area contributed by atoms with E-state index >= 15 is 0 Å². The zero-order valence-electron chi connectivity index (χ0n) is 18.1. The van der Waals surface area contributed by atoms with Crippen LogP contribution in [-0.4, -0.2) is 51.0 Å². The second-order valence-electron chi connectivity index (χ2n) is 7.13. The molecule has 1 N–H and O–H groups in total. The van der Waals surface area contributed by atoms with Crippen molar-refractivity contribution >= 4 is 73.9 Å². The van der Waals surface area contributed by atoms with Crippen molar-refractivity contribution in [2.45, 2.75) is 25.9 Å². The van der Waals surface area contributed by atoms with Gasteiger partial charge in [0.15, 0.2) is 0 Å². The lowest BCUT2D eigenvalue weighted by Crippen LogP contribution is -2.51. The maximum atomic E-state index is 13.5. The van der Waals surface area contributed by atoms with E-state index in [1.807, 2.05) is 0 Å². The van der Waals surface area contributed by atoms with Crippen molar-refractivity contribution in [3.8, 4) is 0 Å². The Kier molecular flexibility index (Phi) is 9.70. The molecule has 180 valence electrons. The molecule has 2 aromatic rings. The number of benzene rings is 2. The maximum Gasteiger partial charge on any atom is 0.244 e. The molecule has 12 heteroatoms. The molecule has 0 unspecified atom stereocenters. The van der Waals surface area contributed by atoms with Gasteiger partial charge >= 0.3 is 0 Å². The van der Waals surface area contributed by atoms with Crippen molar-refractivity contribution in [3.63, 3.8) is 0 Å². The van der Waals surface area contributed by atoms with Gasteiger partial charge in [-0.3, -0.25) is 13.9 Å². The van der Waals surface area contributed by atoms with E-state index in [1.54, 1.807) is 25.1 Å². The summed E-state index contributed by atoms with van der Waals surface area (Å²) >= 11 is 24.7. The van der Waals surface area contributed by atoms with Crippen molar-refractivity contribution < 1.29 is 18.0 Å². The molecule has 33 heavy (non-hydrogen) atoms. The van der Waals surface area contributed by atoms with E-state index in [1.165, 1.54) is 30.1 Å². The zero-order valence-corrected chi connectivity index (χ0v) is 22.0. The van der Waals surface area contributed by atoms with Gasteiger partial charge in [-0.25, -0.2) is 8.42 Å². The summed E-state index contributed by atoms with van der Waals surface area (Å²) in [6.07, 6.45) is 1.23. The number of carbonyl (C=O) groups excluding carboxylic acids is 2. The van der Waals surface area contributed by atoms with E-state index < -0.39 is 34.4 Å². The monoisotopic (exact) mass is 553 g/mol. The van der Waals surface area contributed by atoms with Gasteiger partial charge in [0, 0.05) is 34.2 Å². The highest BCUT2D eigenvalue weighted by atomic mass is 35.5. The van der Waals surface area contributed by atoms with Crippen LogP contribution in [0.1, 0.15) is 18.9 Å². The van der Waals surface area contributed by atoms with E-state index in [2.05, 4.69) is 5.32 Å². The van der Waals surface area contributed by atoms with Gasteiger partial charge in [0.05, 0.1) is 17.0 Å². The van der Waals surface area contributed by atoms with Crippen LogP contribution in [0.3, 0.4) is 0 Å². The molecule has 0 aliphatic carbocycles. The van der Waals surface area contributed by atoms with Gasteiger partial charge in [-0.1, -0.05) is 59.4 Å². The van der Waals surface area contributed by atoms with Crippen LogP contribution in [0, 0.1) is 0 Å². The predicted molar refractivity (Wildman–Crippen MR) is 134 cm³/mol. The summed E-state index contributed by atoms with van der Waals surface area (Å²) in [4.78, 5) is 27.3. The standard InChI is InChI=1S/C21H23Cl4N3O4S/c1-4-18(21(30)26-2)27(11-14-15(23)6-5-7-16(14)24)20(29)12-28(33(3,31)32)19-9-8-13(22)10-17(19)25/h5-10,18H,4,11-12H2,1-3H3,(H,26,30)/t18-/m1/s1. The highest BCUT2D eigenvalue weighted by Crippen LogP contribution is 2.31. The van der Waals surface area contributed by atoms with Crippen molar-refractivity contribution in [1.82, 2.24) is 10.2 Å². The minimum absolute atomic E-state index is 0.0553. The average Bonchev–Trinajstić information content (AvgIpc) is 2.73. The molecule has 2 rings (SSSR count). The molecule has 2 aromatic carbocycles. The van der Waals surface area contributed by atoms with Crippen molar-refractivity contribution in [3.05, 3.63) is 62.1 Å². The number of nitrogens with zero attached hydrogens (tertiary/aromatic N) is 2. The second-order valence-corrected chi connectivity index (χ2v) is 10.7. The number of amides is 2. The van der Waals surface area contributed by atoms with E-state index in [9.17, 15) is 18.0 Å². The SMILES string of the molecule is CC[C@H](C(=O)NC)N(Cc1c(Cl)cccc1Cl)C(=O)CN(c1ccc(Cl)cc1Cl)S(C)(=O)=O. The molecule has 0 bridgehead atoms. The molecular weight excluding hydrogens is 532 g/mol. The predicted octanol–water partition coefficient (Wildman–Crippen LogP) is 4.62. The fourth-order valence-corrected chi connectivity index (χ4v) is 5.16. The Morgan fingerprint density at radius 3 is 2.12 bits per heavy atom. The lowest BCUT2D eigenvalue weighted by molar-refractivity contribution is -0.140. The summed E-state index contributed by atoms with van der Waals surface area (Å²) in [5.74, 6) is -1.05. The van der Waals surface area contributed by atoms with Crippen molar-refractivity contribution in [1.29, 1.82) is 0 Å². The Bertz CT molecular complexity index is 1120. The first-order valence-electron chi connectivity index (χ1n) is 9.77. The van der Waals surface area contributed by atoms with Crippen LogP contribution in [-0.2, 0) is 26.2 Å². The minimum Gasteiger partial charge on any atom is -0.357 e. The van der Waals surface area contributed by atoms with Crippen LogP contribution in [0.2, 0.25) is 20.1 Å². The quantitative estimate of drug-likeness (QED) is 0.490. The van der Waals surface area contributed by atoms with Crippen LogP contribution in [0.25, 0.3) is 0 Å². The highest BCUT2D eigenvalue weighted by Gasteiger charge is 2.32. The first-order valence-corrected chi connectivity index (χ1v) is 13.1. The molecule has 0 aromatic heterocycles. The summed E-state index contributed by atoms with van der Waals surface area (Å²) in [5.41, 5.74) is 0.521. The molecular formula is C21H23Cl4N3O4S. The van der Waals surface area contributed by atoms with Crippen LogP contribution in [0.15, 0.2) is 36.4 Å². The summed E-state index contributed by atoms with van der Waals surface area (Å²) in [6.45, 7) is 1.03. The summed E-state index contributed by atoms with van der Waals surface area (Å²) in [6, 6.07) is 8.24. The van der Waals surface area contributed by atoms with Gasteiger partial charge in [0.25, 0.3) is 0 Å². The summed E-state index contributed by atoms with van der Waals surface area (Å²) < 4.78 is 26.0. The Labute approximate surface area is 213 Å². The van der Waals surface area contributed by atoms with Crippen molar-refractivity contribution in [2.75, 3.05) is 24.2 Å². The fourth-order valence-electron chi connectivity index (χ4n) is 3.22. The van der Waals surface area contributed by atoms with E-state index in [0.29, 0.717) is 20.6 Å². The number of rotatable bonds is 9. The van der Waals surface area contributed by atoms with Crippen LogP contribution < -0.4 is 9.62 Å². The Morgan fingerprint density at radius 1 is 1.03 bits per heavy atom. The third-order valence-corrected chi connectivity index (χ3v) is 7.25. The Morgan fingerprint density at radius 2 is 1.64 bits per heavy atom. The van der Waals surface area contributed by atoms with Gasteiger partial charge in [0.1, 0.15) is 12.6 Å². The van der Waals surface area contributed by atoms with Gasteiger partial charge < -0.3 is 10.2 Å². The topological polar surface area (TPSA) is 86.8 Å². The maximum absolute atomic E-state index is 13.5. The number of anilines is 1. The molecule has 7 nitrogen and oxygen atoms in total. The van der Waals surface area contributed by atoms with Gasteiger partial charge in [0.2, 0.25) is 21.8 Å². The number of sulfonamides is 1. The summed E-state index contributed by atoms with van der Waals surface area (Å²) in [7, 11) is -2.47. The smallest absolute Gasteiger partial charge is 0.244 e. The fraction of sp³-hybridized carbons (Fsp3) is 0.333. The molecule has 0 radical (unpaired) electrons.